The van der Waals surface area contributed by atoms with Gasteiger partial charge in [0.1, 0.15) is 0 Å². The number of nitrogens with zero attached hydrogens (tertiary/aromatic N) is 1. The summed E-state index contributed by atoms with van der Waals surface area (Å²) in [6, 6.07) is 10.0. The Hall–Kier alpha value is -1.25. The van der Waals surface area contributed by atoms with Gasteiger partial charge in [-0.3, -0.25) is 0 Å². The molecule has 0 radical (unpaired) electrons. The monoisotopic (exact) mass is 289 g/mol. The molecule has 1 aromatic heterocycles. The molecule has 3 heteroatoms. The van der Waals surface area contributed by atoms with Crippen molar-refractivity contribution in [3.63, 3.8) is 0 Å². The summed E-state index contributed by atoms with van der Waals surface area (Å²) in [5, 5.41) is 11.0. The van der Waals surface area contributed by atoms with Gasteiger partial charge in [0, 0.05) is 29.0 Å². The SMILES string of the molecule is CC1(C)Cc2c(ccn2Cc2ccc(Cl)cc2)C(O)C1. The number of aliphatic hydroxyl groups excluding tert-OH is 1. The highest BCUT2D eigenvalue weighted by atomic mass is 35.5. The molecule has 0 saturated heterocycles. The summed E-state index contributed by atoms with van der Waals surface area (Å²) in [5.74, 6) is 0. The van der Waals surface area contributed by atoms with Gasteiger partial charge in [0.05, 0.1) is 6.10 Å². The zero-order chi connectivity index (χ0) is 14.3. The van der Waals surface area contributed by atoms with Gasteiger partial charge < -0.3 is 9.67 Å². The van der Waals surface area contributed by atoms with E-state index in [2.05, 4.69) is 42.8 Å². The molecule has 1 aliphatic rings. The summed E-state index contributed by atoms with van der Waals surface area (Å²) < 4.78 is 2.25. The fourth-order valence-electron chi connectivity index (χ4n) is 3.12. The van der Waals surface area contributed by atoms with Crippen LogP contribution in [0.3, 0.4) is 0 Å². The van der Waals surface area contributed by atoms with Crippen LogP contribution in [0.15, 0.2) is 36.5 Å². The van der Waals surface area contributed by atoms with Crippen molar-refractivity contribution in [2.75, 3.05) is 0 Å². The summed E-state index contributed by atoms with van der Waals surface area (Å²) in [4.78, 5) is 0. The Labute approximate surface area is 125 Å². The molecule has 0 saturated carbocycles. The van der Waals surface area contributed by atoms with Crippen LogP contribution in [-0.2, 0) is 13.0 Å². The molecular weight excluding hydrogens is 270 g/mol. The first kappa shape index (κ1) is 13.7. The van der Waals surface area contributed by atoms with Gasteiger partial charge in [0.25, 0.3) is 0 Å². The fourth-order valence-corrected chi connectivity index (χ4v) is 3.25. The van der Waals surface area contributed by atoms with Crippen molar-refractivity contribution in [3.8, 4) is 0 Å². The number of halogens is 1. The highest BCUT2D eigenvalue weighted by molar-refractivity contribution is 6.30. The predicted molar refractivity (Wildman–Crippen MR) is 82.0 cm³/mol. The first-order valence-electron chi connectivity index (χ1n) is 7.05. The van der Waals surface area contributed by atoms with Crippen molar-refractivity contribution in [1.82, 2.24) is 4.57 Å². The molecule has 0 amide bonds. The second kappa shape index (κ2) is 4.94. The van der Waals surface area contributed by atoms with Crippen LogP contribution in [0.1, 0.15) is 43.2 Å². The minimum Gasteiger partial charge on any atom is -0.388 e. The summed E-state index contributed by atoms with van der Waals surface area (Å²) in [6.45, 7) is 5.27. The summed E-state index contributed by atoms with van der Waals surface area (Å²) in [7, 11) is 0. The van der Waals surface area contributed by atoms with Gasteiger partial charge in [0.15, 0.2) is 0 Å². The maximum atomic E-state index is 10.3. The first-order chi connectivity index (χ1) is 9.44. The Morgan fingerprint density at radius 1 is 1.25 bits per heavy atom. The van der Waals surface area contributed by atoms with E-state index in [0.29, 0.717) is 0 Å². The number of hydrogen-bond acceptors (Lipinski definition) is 1. The van der Waals surface area contributed by atoms with Crippen molar-refractivity contribution in [2.45, 2.75) is 39.3 Å². The lowest BCUT2D eigenvalue weighted by atomic mass is 9.75. The molecule has 1 unspecified atom stereocenters. The average Bonchev–Trinajstić information content (AvgIpc) is 2.74. The van der Waals surface area contributed by atoms with Gasteiger partial charge in [-0.15, -0.1) is 0 Å². The number of rotatable bonds is 2. The topological polar surface area (TPSA) is 25.2 Å². The van der Waals surface area contributed by atoms with E-state index in [4.69, 9.17) is 11.6 Å². The highest BCUT2D eigenvalue weighted by Gasteiger charge is 2.33. The van der Waals surface area contributed by atoms with Crippen LogP contribution in [-0.4, -0.2) is 9.67 Å². The molecule has 1 N–H and O–H groups in total. The number of aliphatic hydroxyl groups is 1. The van der Waals surface area contributed by atoms with Crippen LogP contribution < -0.4 is 0 Å². The fraction of sp³-hybridized carbons (Fsp3) is 0.412. The van der Waals surface area contributed by atoms with Gasteiger partial charge in [-0.05, 0) is 42.0 Å². The molecule has 0 spiro atoms. The molecule has 1 atom stereocenters. The normalized spacial score (nSPS) is 20.7. The third kappa shape index (κ3) is 2.63. The number of fused-ring (bicyclic) bond motifs is 1. The van der Waals surface area contributed by atoms with Crippen LogP contribution >= 0.6 is 11.6 Å². The van der Waals surface area contributed by atoms with E-state index < -0.39 is 0 Å². The third-order valence-corrected chi connectivity index (χ3v) is 4.38. The standard InChI is InChI=1S/C17H20ClNO/c1-17(2)9-15-14(16(20)10-17)7-8-19(15)11-12-3-5-13(18)6-4-12/h3-8,16,20H,9-11H2,1-2H3. The molecule has 1 aromatic carbocycles. The minimum absolute atomic E-state index is 0.155. The average molecular weight is 290 g/mol. The van der Waals surface area contributed by atoms with Gasteiger partial charge >= 0.3 is 0 Å². The molecule has 106 valence electrons. The Morgan fingerprint density at radius 2 is 1.95 bits per heavy atom. The van der Waals surface area contributed by atoms with Crippen LogP contribution in [0, 0.1) is 5.41 Å². The molecule has 0 fully saturated rings. The molecule has 20 heavy (non-hydrogen) atoms. The molecule has 2 nitrogen and oxygen atoms in total. The zero-order valence-electron chi connectivity index (χ0n) is 11.9. The Morgan fingerprint density at radius 3 is 2.65 bits per heavy atom. The second-order valence-corrected chi connectivity index (χ2v) is 6.97. The van der Waals surface area contributed by atoms with Crippen molar-refractivity contribution < 1.29 is 5.11 Å². The molecule has 1 heterocycles. The lowest BCUT2D eigenvalue weighted by Gasteiger charge is -2.34. The first-order valence-corrected chi connectivity index (χ1v) is 7.43. The van der Waals surface area contributed by atoms with E-state index in [1.165, 1.54) is 11.3 Å². The minimum atomic E-state index is -0.333. The Bertz CT molecular complexity index is 612. The van der Waals surface area contributed by atoms with Crippen molar-refractivity contribution >= 4 is 11.6 Å². The molecule has 1 aliphatic carbocycles. The van der Waals surface area contributed by atoms with Gasteiger partial charge in [-0.1, -0.05) is 37.6 Å². The smallest absolute Gasteiger partial charge is 0.0812 e. The van der Waals surface area contributed by atoms with Crippen LogP contribution in [0.5, 0.6) is 0 Å². The van der Waals surface area contributed by atoms with Crippen LogP contribution in [0.4, 0.5) is 0 Å². The molecule has 0 bridgehead atoms. The van der Waals surface area contributed by atoms with Gasteiger partial charge in [-0.2, -0.15) is 0 Å². The largest absolute Gasteiger partial charge is 0.388 e. The van der Waals surface area contributed by atoms with Gasteiger partial charge in [0.2, 0.25) is 0 Å². The number of hydrogen-bond donors (Lipinski definition) is 1. The van der Waals surface area contributed by atoms with E-state index in [-0.39, 0.29) is 11.5 Å². The second-order valence-electron chi connectivity index (χ2n) is 6.53. The summed E-state index contributed by atoms with van der Waals surface area (Å²) >= 11 is 5.93. The van der Waals surface area contributed by atoms with Crippen LogP contribution in [0.25, 0.3) is 0 Å². The lowest BCUT2D eigenvalue weighted by molar-refractivity contribution is 0.0981. The van der Waals surface area contributed by atoms with E-state index >= 15 is 0 Å². The van der Waals surface area contributed by atoms with Crippen molar-refractivity contribution in [2.24, 2.45) is 5.41 Å². The van der Waals surface area contributed by atoms with E-state index in [1.54, 1.807) is 0 Å². The maximum Gasteiger partial charge on any atom is 0.0812 e. The van der Waals surface area contributed by atoms with E-state index in [1.807, 2.05) is 12.1 Å². The van der Waals surface area contributed by atoms with Crippen molar-refractivity contribution in [3.05, 3.63) is 58.4 Å². The predicted octanol–water partition coefficient (Wildman–Crippen LogP) is 4.20. The number of aromatic nitrogens is 1. The lowest BCUT2D eigenvalue weighted by Crippen LogP contribution is -2.26. The molecule has 2 aromatic rings. The zero-order valence-corrected chi connectivity index (χ0v) is 12.7. The molecule has 0 aliphatic heterocycles. The Kier molecular flexibility index (Phi) is 3.39. The third-order valence-electron chi connectivity index (χ3n) is 4.13. The summed E-state index contributed by atoms with van der Waals surface area (Å²) in [6.07, 6.45) is 3.61. The van der Waals surface area contributed by atoms with Gasteiger partial charge in [-0.25, -0.2) is 0 Å². The quantitative estimate of drug-likeness (QED) is 0.881. The highest BCUT2D eigenvalue weighted by Crippen LogP contribution is 2.41. The summed E-state index contributed by atoms with van der Waals surface area (Å²) in [5.41, 5.74) is 3.75. The number of benzene rings is 1. The molecule has 3 rings (SSSR count). The van der Waals surface area contributed by atoms with E-state index in [9.17, 15) is 5.11 Å². The van der Waals surface area contributed by atoms with E-state index in [0.717, 1.165) is 30.0 Å². The Balaban J connectivity index is 1.91. The van der Waals surface area contributed by atoms with Crippen LogP contribution in [0.2, 0.25) is 5.02 Å². The van der Waals surface area contributed by atoms with Crippen molar-refractivity contribution in [1.29, 1.82) is 0 Å². The molecular formula is C17H20ClNO. The maximum absolute atomic E-state index is 10.3.